The predicted molar refractivity (Wildman–Crippen MR) is 143 cm³/mol. The molecule has 0 saturated carbocycles. The van der Waals surface area contributed by atoms with Crippen molar-refractivity contribution in [3.05, 3.63) is 58.1 Å². The summed E-state index contributed by atoms with van der Waals surface area (Å²) in [5.74, 6) is -4.41. The number of anilines is 2. The lowest BCUT2D eigenvalue weighted by Crippen LogP contribution is -2.52. The number of nitrogens with zero attached hydrogens (tertiary/aromatic N) is 2. The molecule has 3 N–H and O–H groups in total. The Labute approximate surface area is 238 Å². The van der Waals surface area contributed by atoms with Crippen molar-refractivity contribution in [1.82, 2.24) is 15.5 Å². The molecular formula is C27H29ClF5N5O3. The number of benzene rings is 2. The van der Waals surface area contributed by atoms with Gasteiger partial charge < -0.3 is 20.9 Å². The Kier molecular flexibility index (Phi) is 9.37. The molecule has 2 aliphatic rings. The normalized spacial score (nSPS) is 19.7. The zero-order valence-electron chi connectivity index (χ0n) is 22.1. The van der Waals surface area contributed by atoms with Crippen molar-refractivity contribution >= 4 is 40.7 Å². The number of nitrogens with one attached hydrogen (secondary N) is 3. The third-order valence-electron chi connectivity index (χ3n) is 7.17. The molecule has 2 fully saturated rings. The van der Waals surface area contributed by atoms with Gasteiger partial charge in [0.1, 0.15) is 6.04 Å². The third kappa shape index (κ3) is 7.64. The summed E-state index contributed by atoms with van der Waals surface area (Å²) in [6.07, 6.45) is -4.66. The van der Waals surface area contributed by atoms with Gasteiger partial charge in [0.05, 0.1) is 23.4 Å². The number of hydrogen-bond donors (Lipinski definition) is 3. The predicted octanol–water partition coefficient (Wildman–Crippen LogP) is 4.23. The second kappa shape index (κ2) is 12.6. The second-order valence-corrected chi connectivity index (χ2v) is 10.5. The summed E-state index contributed by atoms with van der Waals surface area (Å²) in [6.45, 7) is 2.40. The Morgan fingerprint density at radius 3 is 2.54 bits per heavy atom. The highest BCUT2D eigenvalue weighted by atomic mass is 35.5. The summed E-state index contributed by atoms with van der Waals surface area (Å²) in [6, 6.07) is 5.94. The van der Waals surface area contributed by atoms with E-state index in [0.717, 1.165) is 6.07 Å². The molecule has 2 saturated heterocycles. The van der Waals surface area contributed by atoms with Crippen LogP contribution in [-0.4, -0.2) is 67.1 Å². The van der Waals surface area contributed by atoms with Crippen LogP contribution in [0, 0.1) is 11.6 Å². The van der Waals surface area contributed by atoms with Crippen molar-refractivity contribution in [3.8, 4) is 0 Å². The average Bonchev–Trinajstić information content (AvgIpc) is 3.35. The number of amides is 3. The molecule has 0 aromatic heterocycles. The van der Waals surface area contributed by atoms with Crippen LogP contribution in [0.4, 0.5) is 33.3 Å². The highest BCUT2D eigenvalue weighted by Gasteiger charge is 2.32. The molecule has 0 radical (unpaired) electrons. The average molecular weight is 602 g/mol. The standard InChI is InChI=1S/C27H29ClF5N5O3/c1-15-14-38(11-10-37(15)9-8-27(31,32)33)21-12-17(28)3-5-19(21)36-25(40)18-4-2-16(23(29)24(18)30)13-34-26(41)20-6-7-22(39)35-20/h2-5,12,15,20H,6-11,13-14H2,1H3,(H,34,41)(H,35,39)(H,36,40)/t15-,20+/m0/s1. The van der Waals surface area contributed by atoms with E-state index >= 15 is 0 Å². The van der Waals surface area contributed by atoms with Crippen LogP contribution in [0.1, 0.15) is 42.1 Å². The maximum atomic E-state index is 14.9. The van der Waals surface area contributed by atoms with Gasteiger partial charge in [-0.1, -0.05) is 17.7 Å². The van der Waals surface area contributed by atoms with Gasteiger partial charge in [-0.25, -0.2) is 8.78 Å². The molecule has 0 aliphatic carbocycles. The quantitative estimate of drug-likeness (QED) is 0.394. The molecule has 3 amide bonds. The minimum Gasteiger partial charge on any atom is -0.367 e. The Hall–Kier alpha value is -3.45. The Morgan fingerprint density at radius 2 is 1.88 bits per heavy atom. The van der Waals surface area contributed by atoms with Gasteiger partial charge in [-0.05, 0) is 37.6 Å². The van der Waals surface area contributed by atoms with Crippen LogP contribution in [0.5, 0.6) is 0 Å². The third-order valence-corrected chi connectivity index (χ3v) is 7.40. The zero-order valence-corrected chi connectivity index (χ0v) is 22.8. The lowest BCUT2D eigenvalue weighted by molar-refractivity contribution is -0.139. The minimum absolute atomic E-state index is 0.126. The van der Waals surface area contributed by atoms with E-state index in [-0.39, 0.29) is 42.7 Å². The monoisotopic (exact) mass is 601 g/mol. The Morgan fingerprint density at radius 1 is 1.12 bits per heavy atom. The molecule has 2 aliphatic heterocycles. The summed E-state index contributed by atoms with van der Waals surface area (Å²) in [5, 5.41) is 7.87. The van der Waals surface area contributed by atoms with Crippen molar-refractivity contribution in [2.45, 2.75) is 51.0 Å². The fourth-order valence-electron chi connectivity index (χ4n) is 4.90. The van der Waals surface area contributed by atoms with Crippen LogP contribution in [0.3, 0.4) is 0 Å². The van der Waals surface area contributed by atoms with E-state index in [1.54, 1.807) is 17.9 Å². The van der Waals surface area contributed by atoms with Gasteiger partial charge in [0.2, 0.25) is 11.8 Å². The number of piperazine rings is 1. The number of rotatable bonds is 8. The molecule has 14 heteroatoms. The van der Waals surface area contributed by atoms with Crippen molar-refractivity contribution in [3.63, 3.8) is 0 Å². The van der Waals surface area contributed by atoms with Gasteiger partial charge in [-0.3, -0.25) is 19.3 Å². The number of alkyl halides is 3. The van der Waals surface area contributed by atoms with E-state index in [1.807, 2.05) is 4.90 Å². The van der Waals surface area contributed by atoms with Gasteiger partial charge in [0.25, 0.3) is 5.91 Å². The Balaban J connectivity index is 1.43. The summed E-state index contributed by atoms with van der Waals surface area (Å²) in [5.41, 5.74) is 0.0191. The van der Waals surface area contributed by atoms with E-state index in [2.05, 4.69) is 16.0 Å². The molecule has 2 atom stereocenters. The first-order valence-electron chi connectivity index (χ1n) is 13.0. The van der Waals surface area contributed by atoms with E-state index in [4.69, 9.17) is 11.6 Å². The van der Waals surface area contributed by atoms with Crippen LogP contribution in [0.2, 0.25) is 5.02 Å². The number of carbonyl (C=O) groups excluding carboxylic acids is 3. The summed E-state index contributed by atoms with van der Waals surface area (Å²) >= 11 is 6.18. The fraction of sp³-hybridized carbons (Fsp3) is 0.444. The summed E-state index contributed by atoms with van der Waals surface area (Å²) in [7, 11) is 0. The van der Waals surface area contributed by atoms with Crippen LogP contribution in [0.15, 0.2) is 30.3 Å². The largest absolute Gasteiger partial charge is 0.390 e. The van der Waals surface area contributed by atoms with Crippen LogP contribution >= 0.6 is 11.6 Å². The maximum absolute atomic E-state index is 14.9. The van der Waals surface area contributed by atoms with Crippen LogP contribution < -0.4 is 20.9 Å². The molecule has 2 aromatic rings. The summed E-state index contributed by atoms with van der Waals surface area (Å²) in [4.78, 5) is 40.0. The molecule has 222 valence electrons. The summed E-state index contributed by atoms with van der Waals surface area (Å²) < 4.78 is 67.8. The highest BCUT2D eigenvalue weighted by molar-refractivity contribution is 6.31. The topological polar surface area (TPSA) is 93.8 Å². The van der Waals surface area contributed by atoms with Crippen LogP contribution in [0.25, 0.3) is 0 Å². The second-order valence-electron chi connectivity index (χ2n) is 10.1. The van der Waals surface area contributed by atoms with E-state index in [1.165, 1.54) is 18.2 Å². The molecule has 8 nitrogen and oxygen atoms in total. The van der Waals surface area contributed by atoms with Crippen molar-refractivity contribution in [1.29, 1.82) is 0 Å². The molecule has 2 aromatic carbocycles. The first-order valence-corrected chi connectivity index (χ1v) is 13.4. The van der Waals surface area contributed by atoms with Gasteiger partial charge in [0, 0.05) is 55.8 Å². The van der Waals surface area contributed by atoms with E-state index < -0.39 is 47.7 Å². The van der Waals surface area contributed by atoms with Crippen molar-refractivity contribution in [2.24, 2.45) is 0 Å². The molecule has 0 spiro atoms. The first kappa shape index (κ1) is 30.5. The smallest absolute Gasteiger partial charge is 0.367 e. The SMILES string of the molecule is C[C@H]1CN(c2cc(Cl)ccc2NC(=O)c2ccc(CNC(=O)[C@H]3CCC(=O)N3)c(F)c2F)CCN1CCC(F)(F)F. The molecule has 4 rings (SSSR count). The lowest BCUT2D eigenvalue weighted by Gasteiger charge is -2.41. The lowest BCUT2D eigenvalue weighted by atomic mass is 10.1. The highest BCUT2D eigenvalue weighted by Crippen LogP contribution is 2.32. The molecule has 0 unspecified atom stereocenters. The van der Waals surface area contributed by atoms with Gasteiger partial charge in [-0.15, -0.1) is 0 Å². The van der Waals surface area contributed by atoms with Gasteiger partial charge >= 0.3 is 6.18 Å². The van der Waals surface area contributed by atoms with Gasteiger partial charge in [-0.2, -0.15) is 13.2 Å². The Bertz CT molecular complexity index is 1320. The number of halogens is 6. The van der Waals surface area contributed by atoms with E-state index in [9.17, 15) is 36.3 Å². The van der Waals surface area contributed by atoms with Crippen molar-refractivity contribution in [2.75, 3.05) is 36.4 Å². The maximum Gasteiger partial charge on any atom is 0.390 e. The van der Waals surface area contributed by atoms with Gasteiger partial charge in [0.15, 0.2) is 11.6 Å². The van der Waals surface area contributed by atoms with Crippen LogP contribution in [-0.2, 0) is 16.1 Å². The minimum atomic E-state index is -4.25. The molecule has 41 heavy (non-hydrogen) atoms. The van der Waals surface area contributed by atoms with E-state index in [0.29, 0.717) is 36.8 Å². The van der Waals surface area contributed by atoms with Crippen molar-refractivity contribution < 1.29 is 36.3 Å². The molecule has 2 heterocycles. The zero-order chi connectivity index (χ0) is 29.9. The fourth-order valence-corrected chi connectivity index (χ4v) is 5.06. The number of carbonyl (C=O) groups is 3. The molecule has 0 bridgehead atoms. The first-order chi connectivity index (χ1) is 19.3. The number of hydrogen-bond acceptors (Lipinski definition) is 5. The molecular weight excluding hydrogens is 573 g/mol.